The van der Waals surface area contributed by atoms with Gasteiger partial charge in [0.2, 0.25) is 0 Å². The van der Waals surface area contributed by atoms with Crippen molar-refractivity contribution < 1.29 is 32.2 Å². The Morgan fingerprint density at radius 2 is 1.84 bits per heavy atom. The first-order valence-corrected chi connectivity index (χ1v) is 12.2. The summed E-state index contributed by atoms with van der Waals surface area (Å²) in [4.78, 5) is 25.1. The zero-order valence-corrected chi connectivity index (χ0v) is 20.9. The van der Waals surface area contributed by atoms with Crippen LogP contribution in [0.1, 0.15) is 54.1 Å². The van der Waals surface area contributed by atoms with E-state index in [1.807, 2.05) is 0 Å². The van der Waals surface area contributed by atoms with Crippen LogP contribution in [0.25, 0.3) is 10.9 Å². The fourth-order valence-corrected chi connectivity index (χ4v) is 5.72. The first-order chi connectivity index (χ1) is 18.1. The van der Waals surface area contributed by atoms with Crippen molar-refractivity contribution in [2.75, 3.05) is 7.11 Å². The maximum atomic E-state index is 13.4. The number of nitrogens with zero attached hydrogens (tertiary/aromatic N) is 2. The van der Waals surface area contributed by atoms with Gasteiger partial charge in [-0.25, -0.2) is 0 Å². The Bertz CT molecular complexity index is 1440. The van der Waals surface area contributed by atoms with Gasteiger partial charge in [-0.3, -0.25) is 14.3 Å². The molecule has 10 heteroatoms. The summed E-state index contributed by atoms with van der Waals surface area (Å²) in [5.74, 6) is 5.14. The number of alkyl halides is 3. The molecule has 1 amide bonds. The normalized spacial score (nSPS) is 22.1. The molecule has 198 valence electrons. The topological polar surface area (TPSA) is 82.5 Å². The Labute approximate surface area is 217 Å². The van der Waals surface area contributed by atoms with E-state index in [-0.39, 0.29) is 41.5 Å². The minimum Gasteiger partial charge on any atom is -0.469 e. The average Bonchev–Trinajstić information content (AvgIpc) is 3.24. The minimum absolute atomic E-state index is 0.0174. The summed E-state index contributed by atoms with van der Waals surface area (Å²) in [5.41, 5.74) is 2.57. The van der Waals surface area contributed by atoms with E-state index in [0.29, 0.717) is 22.0 Å². The molecule has 1 spiro atoms. The number of ether oxygens (including phenoxy) is 2. The molecular formula is C28H26F3N3O4. The van der Waals surface area contributed by atoms with Crippen molar-refractivity contribution in [2.45, 2.75) is 51.6 Å². The summed E-state index contributed by atoms with van der Waals surface area (Å²) >= 11 is 0. The fraction of sp³-hybridized carbons (Fsp3) is 0.393. The number of aromatic nitrogens is 2. The van der Waals surface area contributed by atoms with Gasteiger partial charge in [-0.05, 0) is 67.9 Å². The summed E-state index contributed by atoms with van der Waals surface area (Å²) in [5, 5.41) is 8.29. The van der Waals surface area contributed by atoms with Gasteiger partial charge < -0.3 is 14.8 Å². The van der Waals surface area contributed by atoms with E-state index in [1.54, 1.807) is 29.9 Å². The SMILES string of the molecule is CC#Cc1ccc(C(=O)NC2CC3(C2)CC(C(=O)OC)C3)c2c1cnn2Cc1ccc(OC(F)(F)F)cc1. The predicted octanol–water partition coefficient (Wildman–Crippen LogP) is 4.82. The second-order valence-corrected chi connectivity index (χ2v) is 10.00. The molecule has 5 rings (SSSR count). The smallest absolute Gasteiger partial charge is 0.469 e. The molecule has 2 saturated carbocycles. The standard InChI is InChI=1S/C28H26F3N3O4/c1-3-4-18-7-10-22(25(35)33-20-13-27(14-20)11-19(12-27)26(36)37-2)24-23(18)15-32-34(24)16-17-5-8-21(9-6-17)38-28(29,30)31/h5-10,15,19-20H,11-14,16H2,1-2H3,(H,33,35). The van der Waals surface area contributed by atoms with Gasteiger partial charge in [0, 0.05) is 17.0 Å². The van der Waals surface area contributed by atoms with E-state index >= 15 is 0 Å². The van der Waals surface area contributed by atoms with E-state index < -0.39 is 6.36 Å². The molecule has 3 aromatic rings. The van der Waals surface area contributed by atoms with Crippen molar-refractivity contribution in [2.24, 2.45) is 11.3 Å². The number of nitrogens with one attached hydrogen (secondary N) is 1. The number of hydrogen-bond donors (Lipinski definition) is 1. The molecular weight excluding hydrogens is 499 g/mol. The van der Waals surface area contributed by atoms with Gasteiger partial charge in [0.1, 0.15) is 5.75 Å². The molecule has 0 atom stereocenters. The third-order valence-electron chi connectivity index (χ3n) is 7.38. The maximum Gasteiger partial charge on any atom is 0.573 e. The summed E-state index contributed by atoms with van der Waals surface area (Å²) < 4.78 is 47.9. The molecule has 0 saturated heterocycles. The van der Waals surface area contributed by atoms with Crippen LogP contribution >= 0.6 is 0 Å². The predicted molar refractivity (Wildman–Crippen MR) is 132 cm³/mol. The summed E-state index contributed by atoms with van der Waals surface area (Å²) in [6, 6.07) is 9.07. The number of esters is 1. The molecule has 1 heterocycles. The lowest BCUT2D eigenvalue weighted by Gasteiger charge is -2.56. The van der Waals surface area contributed by atoms with E-state index in [4.69, 9.17) is 4.74 Å². The molecule has 2 aromatic carbocycles. The third kappa shape index (κ3) is 5.05. The number of halogens is 3. The van der Waals surface area contributed by atoms with E-state index in [9.17, 15) is 22.8 Å². The Balaban J connectivity index is 1.34. The summed E-state index contributed by atoms with van der Waals surface area (Å²) in [7, 11) is 1.40. The van der Waals surface area contributed by atoms with Crippen LogP contribution in [0.5, 0.6) is 5.75 Å². The van der Waals surface area contributed by atoms with Gasteiger partial charge in [0.25, 0.3) is 5.91 Å². The molecule has 7 nitrogen and oxygen atoms in total. The van der Waals surface area contributed by atoms with E-state index in [1.165, 1.54) is 31.4 Å². The number of hydrogen-bond acceptors (Lipinski definition) is 5. The van der Waals surface area contributed by atoms with Crippen molar-refractivity contribution in [3.8, 4) is 17.6 Å². The first-order valence-electron chi connectivity index (χ1n) is 12.2. The van der Waals surface area contributed by atoms with Crippen LogP contribution in [-0.2, 0) is 16.1 Å². The zero-order valence-electron chi connectivity index (χ0n) is 20.9. The highest BCUT2D eigenvalue weighted by Gasteiger charge is 2.55. The van der Waals surface area contributed by atoms with Crippen molar-refractivity contribution in [3.05, 3.63) is 59.3 Å². The number of carbonyl (C=O) groups excluding carboxylic acids is 2. The molecule has 38 heavy (non-hydrogen) atoms. The highest BCUT2D eigenvalue weighted by molar-refractivity contribution is 6.07. The Kier molecular flexibility index (Phi) is 6.55. The van der Waals surface area contributed by atoms with Gasteiger partial charge in [-0.1, -0.05) is 18.1 Å². The molecule has 0 aliphatic heterocycles. The Morgan fingerprint density at radius 1 is 1.13 bits per heavy atom. The molecule has 1 N–H and O–H groups in total. The summed E-state index contributed by atoms with van der Waals surface area (Å²) in [6.45, 7) is 1.96. The van der Waals surface area contributed by atoms with Crippen LogP contribution < -0.4 is 10.1 Å². The van der Waals surface area contributed by atoms with Crippen LogP contribution in [0.2, 0.25) is 0 Å². The minimum atomic E-state index is -4.76. The number of rotatable bonds is 6. The third-order valence-corrected chi connectivity index (χ3v) is 7.38. The van der Waals surface area contributed by atoms with Crippen molar-refractivity contribution in [1.29, 1.82) is 0 Å². The lowest BCUT2D eigenvalue weighted by Crippen LogP contribution is -2.57. The largest absolute Gasteiger partial charge is 0.573 e. The van der Waals surface area contributed by atoms with Crippen LogP contribution in [0.3, 0.4) is 0 Å². The zero-order chi connectivity index (χ0) is 27.1. The van der Waals surface area contributed by atoms with Crippen LogP contribution in [0.4, 0.5) is 13.2 Å². The number of fused-ring (bicyclic) bond motifs is 1. The van der Waals surface area contributed by atoms with Crippen LogP contribution in [0, 0.1) is 23.2 Å². The molecule has 0 radical (unpaired) electrons. The highest BCUT2D eigenvalue weighted by atomic mass is 19.4. The molecule has 2 aliphatic rings. The first kappa shape index (κ1) is 25.6. The molecule has 2 fully saturated rings. The maximum absolute atomic E-state index is 13.4. The average molecular weight is 526 g/mol. The van der Waals surface area contributed by atoms with Gasteiger partial charge in [0.05, 0.1) is 36.8 Å². The number of methoxy groups -OCH3 is 1. The second-order valence-electron chi connectivity index (χ2n) is 10.00. The molecule has 0 unspecified atom stereocenters. The highest BCUT2D eigenvalue weighted by Crippen LogP contribution is 2.59. The van der Waals surface area contributed by atoms with E-state index in [0.717, 1.165) is 31.2 Å². The van der Waals surface area contributed by atoms with Crippen LogP contribution in [0.15, 0.2) is 42.6 Å². The fourth-order valence-electron chi connectivity index (χ4n) is 5.72. The second kappa shape index (κ2) is 9.71. The Hall–Kier alpha value is -4.00. The van der Waals surface area contributed by atoms with E-state index in [2.05, 4.69) is 27.0 Å². The van der Waals surface area contributed by atoms with Crippen LogP contribution in [-0.4, -0.2) is 41.2 Å². The van der Waals surface area contributed by atoms with Gasteiger partial charge >= 0.3 is 12.3 Å². The monoisotopic (exact) mass is 525 g/mol. The molecule has 2 aliphatic carbocycles. The van der Waals surface area contributed by atoms with Gasteiger partial charge in [-0.15, -0.1) is 19.1 Å². The lowest BCUT2D eigenvalue weighted by molar-refractivity contribution is -0.274. The quantitative estimate of drug-likeness (QED) is 0.369. The van der Waals surface area contributed by atoms with Crippen molar-refractivity contribution >= 4 is 22.8 Å². The molecule has 1 aromatic heterocycles. The summed E-state index contributed by atoms with van der Waals surface area (Å²) in [6.07, 6.45) is 0.105. The van der Waals surface area contributed by atoms with Crippen molar-refractivity contribution in [3.63, 3.8) is 0 Å². The number of amides is 1. The molecule has 0 bridgehead atoms. The van der Waals surface area contributed by atoms with Gasteiger partial charge in [-0.2, -0.15) is 5.10 Å². The lowest BCUT2D eigenvalue weighted by atomic mass is 9.50. The number of benzene rings is 2. The Morgan fingerprint density at radius 3 is 2.47 bits per heavy atom. The van der Waals surface area contributed by atoms with Crippen molar-refractivity contribution in [1.82, 2.24) is 15.1 Å². The van der Waals surface area contributed by atoms with Gasteiger partial charge in [0.15, 0.2) is 0 Å². The number of carbonyl (C=O) groups is 2.